The maximum atomic E-state index is 12.4. The number of carboxylic acids is 1. The van der Waals surface area contributed by atoms with Crippen LogP contribution in [0.5, 0.6) is 11.5 Å². The molecule has 3 N–H and O–H groups in total. The van der Waals surface area contributed by atoms with Gasteiger partial charge in [-0.05, 0) is 52.8 Å². The first-order valence-electron chi connectivity index (χ1n) is 15.4. The van der Waals surface area contributed by atoms with Crippen molar-refractivity contribution in [2.75, 3.05) is 0 Å². The van der Waals surface area contributed by atoms with Crippen molar-refractivity contribution in [3.05, 3.63) is 95.6 Å². The number of carbonyl (C=O) groups is 4. The Balaban J connectivity index is 0.000000368. The smallest absolute Gasteiger partial charge is 0.480 e. The second kappa shape index (κ2) is 19.2. The molecular weight excluding hydrogens is 690 g/mol. The minimum absolute atomic E-state index is 0.0790. The quantitative estimate of drug-likeness (QED) is 0.129. The molecule has 3 aromatic rings. The lowest BCUT2D eigenvalue weighted by Gasteiger charge is -2.21. The number of ether oxygens (including phenoxy) is 3. The summed E-state index contributed by atoms with van der Waals surface area (Å²) in [6.45, 7) is 6.86. The number of aliphatic carboxylic acids is 1. The minimum Gasteiger partial charge on any atom is -0.480 e. The molecule has 3 rings (SSSR count). The van der Waals surface area contributed by atoms with E-state index in [2.05, 4.69) is 20.1 Å². The number of rotatable bonds is 14. The number of halogens is 6. The number of amides is 2. The molecule has 51 heavy (non-hydrogen) atoms. The lowest BCUT2D eigenvalue weighted by Crippen LogP contribution is -2.45. The van der Waals surface area contributed by atoms with E-state index in [1.807, 2.05) is 30.3 Å². The Morgan fingerprint density at radius 2 is 1.04 bits per heavy atom. The summed E-state index contributed by atoms with van der Waals surface area (Å²) in [5, 5.41) is 13.9. The molecule has 0 bridgehead atoms. The molecule has 0 saturated carbocycles. The molecule has 0 unspecified atom stereocenters. The Bertz CT molecular complexity index is 1600. The highest BCUT2D eigenvalue weighted by atomic mass is 19.4. The minimum atomic E-state index is -4.81. The molecule has 0 saturated heterocycles. The van der Waals surface area contributed by atoms with E-state index in [1.165, 1.54) is 24.3 Å². The van der Waals surface area contributed by atoms with E-state index in [-0.39, 0.29) is 36.8 Å². The maximum absolute atomic E-state index is 12.4. The monoisotopic (exact) mass is 728 g/mol. The molecule has 10 nitrogen and oxygen atoms in total. The number of hydrogen-bond donors (Lipinski definition) is 3. The van der Waals surface area contributed by atoms with E-state index in [0.29, 0.717) is 5.56 Å². The van der Waals surface area contributed by atoms with Gasteiger partial charge in [0.1, 0.15) is 30.2 Å². The van der Waals surface area contributed by atoms with Crippen molar-refractivity contribution in [2.45, 2.75) is 72.0 Å². The Labute approximate surface area is 290 Å². The van der Waals surface area contributed by atoms with E-state index < -0.39 is 60.1 Å². The summed E-state index contributed by atoms with van der Waals surface area (Å²) in [5.41, 5.74) is 1.42. The summed E-state index contributed by atoms with van der Waals surface area (Å²) in [6.07, 6.45) is -10.1. The van der Waals surface area contributed by atoms with Crippen LogP contribution in [0.15, 0.2) is 78.9 Å². The number of nitrogens with one attached hydrogen (secondary N) is 2. The van der Waals surface area contributed by atoms with Crippen molar-refractivity contribution in [2.24, 2.45) is 11.8 Å². The molecule has 2 atom stereocenters. The highest BCUT2D eigenvalue weighted by molar-refractivity contribution is 5.86. The van der Waals surface area contributed by atoms with Crippen LogP contribution < -0.4 is 20.1 Å². The third-order valence-corrected chi connectivity index (χ3v) is 6.70. The Kier molecular flexibility index (Phi) is 15.8. The molecular formula is C35H38F6N2O8. The van der Waals surface area contributed by atoms with Gasteiger partial charge in [-0.1, -0.05) is 82.3 Å². The van der Waals surface area contributed by atoms with Crippen molar-refractivity contribution in [3.8, 4) is 11.5 Å². The predicted octanol–water partition coefficient (Wildman–Crippen LogP) is 6.37. The lowest BCUT2D eigenvalue weighted by molar-refractivity contribution is -0.275. The molecule has 0 aromatic heterocycles. The Morgan fingerprint density at radius 1 is 0.627 bits per heavy atom. The van der Waals surface area contributed by atoms with E-state index in [4.69, 9.17) is 9.84 Å². The number of benzene rings is 3. The van der Waals surface area contributed by atoms with Gasteiger partial charge in [0.25, 0.3) is 0 Å². The Hall–Kier alpha value is -5.28. The molecule has 0 radical (unpaired) electrons. The van der Waals surface area contributed by atoms with Crippen LogP contribution in [0.25, 0.3) is 0 Å². The van der Waals surface area contributed by atoms with Crippen LogP contribution >= 0.6 is 0 Å². The van der Waals surface area contributed by atoms with Crippen molar-refractivity contribution in [1.82, 2.24) is 10.6 Å². The van der Waals surface area contributed by atoms with Crippen LogP contribution in [0.4, 0.5) is 26.3 Å². The van der Waals surface area contributed by atoms with Gasteiger partial charge in [-0.15, -0.1) is 26.3 Å². The molecule has 3 aromatic carbocycles. The fraction of sp³-hybridized carbons (Fsp3) is 0.371. The zero-order chi connectivity index (χ0) is 38.4. The second-order valence-corrected chi connectivity index (χ2v) is 11.8. The van der Waals surface area contributed by atoms with Crippen molar-refractivity contribution in [3.63, 3.8) is 0 Å². The average Bonchev–Trinajstić information content (AvgIpc) is 3.00. The topological polar surface area (TPSA) is 140 Å². The van der Waals surface area contributed by atoms with E-state index in [9.17, 15) is 45.5 Å². The first-order chi connectivity index (χ1) is 23.7. The van der Waals surface area contributed by atoms with E-state index in [0.717, 1.165) is 29.8 Å². The summed E-state index contributed by atoms with van der Waals surface area (Å²) in [6, 6.07) is 17.3. The first kappa shape index (κ1) is 41.9. The molecule has 0 aliphatic heterocycles. The van der Waals surface area contributed by atoms with E-state index >= 15 is 0 Å². The molecule has 0 aliphatic carbocycles. The van der Waals surface area contributed by atoms with Gasteiger partial charge in [0.05, 0.1) is 12.8 Å². The molecule has 0 aliphatic rings. The van der Waals surface area contributed by atoms with Gasteiger partial charge in [-0.25, -0.2) is 9.59 Å². The average molecular weight is 729 g/mol. The molecule has 0 spiro atoms. The van der Waals surface area contributed by atoms with Gasteiger partial charge in [-0.2, -0.15) is 0 Å². The van der Waals surface area contributed by atoms with Crippen LogP contribution in [-0.2, 0) is 43.4 Å². The molecule has 0 heterocycles. The number of carboxylic acid groups (broad SMARTS) is 1. The third-order valence-electron chi connectivity index (χ3n) is 6.70. The molecule has 278 valence electrons. The third kappa shape index (κ3) is 16.8. The SMILES string of the molecule is CC(C)[C@H](NC(=O)Cc1cccc(OC(F)(F)F)c1)C(=O)O.CC(C)[C@H](NC(=O)Cc1cccc(OC(F)(F)F)c1)C(=O)OCc1ccccc1. The van der Waals surface area contributed by atoms with Crippen molar-refractivity contribution >= 4 is 23.8 Å². The van der Waals surface area contributed by atoms with Gasteiger partial charge in [0.2, 0.25) is 11.8 Å². The second-order valence-electron chi connectivity index (χ2n) is 11.8. The summed E-state index contributed by atoms with van der Waals surface area (Å²) >= 11 is 0. The fourth-order valence-corrected chi connectivity index (χ4v) is 4.35. The van der Waals surface area contributed by atoms with Gasteiger partial charge >= 0.3 is 24.7 Å². The van der Waals surface area contributed by atoms with Crippen LogP contribution in [0.1, 0.15) is 44.4 Å². The fourth-order valence-electron chi connectivity index (χ4n) is 4.35. The number of alkyl halides is 6. The standard InChI is InChI=1S/C21H22F3NO4.C14H16F3NO4/c1-14(2)19(20(27)28-13-15-7-4-3-5-8-15)25-18(26)12-16-9-6-10-17(11-16)29-21(22,23)24;1-8(2)12(13(20)21)18-11(19)7-9-4-3-5-10(6-9)22-14(15,16)17/h3-11,14,19H,12-13H2,1-2H3,(H,25,26);3-6,8,12H,7H2,1-2H3,(H,18,19)(H,20,21)/t19-;12-/m00/s1. The van der Waals surface area contributed by atoms with Gasteiger partial charge in [-0.3, -0.25) is 9.59 Å². The highest BCUT2D eigenvalue weighted by Gasteiger charge is 2.32. The Morgan fingerprint density at radius 3 is 1.43 bits per heavy atom. The molecule has 2 amide bonds. The lowest BCUT2D eigenvalue weighted by atomic mass is 10.0. The predicted molar refractivity (Wildman–Crippen MR) is 171 cm³/mol. The summed E-state index contributed by atoms with van der Waals surface area (Å²) in [7, 11) is 0. The van der Waals surface area contributed by atoms with Crippen molar-refractivity contribution in [1.29, 1.82) is 0 Å². The van der Waals surface area contributed by atoms with Crippen LogP contribution in [0.2, 0.25) is 0 Å². The van der Waals surface area contributed by atoms with Gasteiger partial charge < -0.3 is 30.0 Å². The van der Waals surface area contributed by atoms with Crippen LogP contribution in [0, 0.1) is 11.8 Å². The molecule has 0 fully saturated rings. The first-order valence-corrected chi connectivity index (χ1v) is 15.4. The largest absolute Gasteiger partial charge is 0.573 e. The zero-order valence-corrected chi connectivity index (χ0v) is 28.0. The van der Waals surface area contributed by atoms with Gasteiger partial charge in [0.15, 0.2) is 0 Å². The van der Waals surface area contributed by atoms with Crippen molar-refractivity contribution < 1.29 is 64.8 Å². The maximum Gasteiger partial charge on any atom is 0.573 e. The summed E-state index contributed by atoms with van der Waals surface area (Å²) < 4.78 is 86.2. The summed E-state index contributed by atoms with van der Waals surface area (Å²) in [4.78, 5) is 47.5. The number of carbonyl (C=O) groups excluding carboxylic acids is 3. The zero-order valence-electron chi connectivity index (χ0n) is 28.0. The van der Waals surface area contributed by atoms with Crippen LogP contribution in [0.3, 0.4) is 0 Å². The number of hydrogen-bond acceptors (Lipinski definition) is 7. The highest BCUT2D eigenvalue weighted by Crippen LogP contribution is 2.24. The van der Waals surface area contributed by atoms with E-state index in [1.54, 1.807) is 27.7 Å². The number of esters is 1. The van der Waals surface area contributed by atoms with Crippen LogP contribution in [-0.4, -0.2) is 53.7 Å². The normalized spacial score (nSPS) is 12.5. The van der Waals surface area contributed by atoms with Gasteiger partial charge in [0, 0.05) is 0 Å². The molecule has 16 heteroatoms. The summed E-state index contributed by atoms with van der Waals surface area (Å²) in [5.74, 6) is -4.25.